The Morgan fingerprint density at radius 2 is 1.90 bits per heavy atom. The minimum absolute atomic E-state index is 0.0683. The second kappa shape index (κ2) is 7.72. The molecule has 148 valence electrons. The Bertz CT molecular complexity index is 1210. The number of nitriles is 1. The molecular weight excluding hydrogens is 383 g/mol. The van der Waals surface area contributed by atoms with Crippen molar-refractivity contribution in [2.45, 2.75) is 12.8 Å². The minimum Gasteiger partial charge on any atom is -0.440 e. The Morgan fingerprint density at radius 3 is 2.60 bits per heavy atom. The first-order chi connectivity index (χ1) is 14.5. The highest BCUT2D eigenvalue weighted by atomic mass is 19.1. The maximum atomic E-state index is 13.8. The second-order valence-electron chi connectivity index (χ2n) is 6.93. The number of allylic oxidation sites excluding steroid dienone is 1. The van der Waals surface area contributed by atoms with Crippen molar-refractivity contribution in [1.82, 2.24) is 0 Å². The number of nitrogens with two attached hydrogens (primary N) is 1. The van der Waals surface area contributed by atoms with Crippen molar-refractivity contribution >= 4 is 5.97 Å². The van der Waals surface area contributed by atoms with Crippen molar-refractivity contribution in [3.63, 3.8) is 0 Å². The summed E-state index contributed by atoms with van der Waals surface area (Å²) in [4.78, 5) is 12.4. The third kappa shape index (κ3) is 3.61. The summed E-state index contributed by atoms with van der Waals surface area (Å²) in [6, 6.07) is 19.9. The Labute approximate surface area is 172 Å². The predicted molar refractivity (Wildman–Crippen MR) is 108 cm³/mol. The summed E-state index contributed by atoms with van der Waals surface area (Å²) in [5, 5.41) is 9.58. The average molecular weight is 400 g/mol. The van der Waals surface area contributed by atoms with Crippen LogP contribution >= 0.6 is 0 Å². The first-order valence-corrected chi connectivity index (χ1v) is 9.22. The lowest BCUT2D eigenvalue weighted by atomic mass is 9.83. The molecule has 1 aliphatic heterocycles. The summed E-state index contributed by atoms with van der Waals surface area (Å²) in [5.41, 5.74) is 8.81. The van der Waals surface area contributed by atoms with E-state index in [9.17, 15) is 14.4 Å². The van der Waals surface area contributed by atoms with Crippen LogP contribution in [0.25, 0.3) is 0 Å². The van der Waals surface area contributed by atoms with Crippen LogP contribution in [0.15, 0.2) is 78.2 Å². The Balaban J connectivity index is 1.69. The molecule has 1 atom stereocenters. The van der Waals surface area contributed by atoms with Gasteiger partial charge in [0.1, 0.15) is 29.0 Å². The molecule has 5 nitrogen and oxygen atoms in total. The van der Waals surface area contributed by atoms with Gasteiger partial charge >= 0.3 is 5.97 Å². The van der Waals surface area contributed by atoms with Crippen LogP contribution in [-0.2, 0) is 0 Å². The summed E-state index contributed by atoms with van der Waals surface area (Å²) >= 11 is 0. The number of ether oxygens (including phenoxy) is 2. The predicted octanol–water partition coefficient (Wildman–Crippen LogP) is 4.57. The highest BCUT2D eigenvalue weighted by Crippen LogP contribution is 2.43. The van der Waals surface area contributed by atoms with Crippen LogP contribution in [0.3, 0.4) is 0 Å². The molecule has 0 radical (unpaired) electrons. The van der Waals surface area contributed by atoms with E-state index < -0.39 is 17.7 Å². The van der Waals surface area contributed by atoms with Crippen molar-refractivity contribution in [3.05, 3.63) is 106 Å². The van der Waals surface area contributed by atoms with Gasteiger partial charge < -0.3 is 15.2 Å². The van der Waals surface area contributed by atoms with Crippen LogP contribution in [-0.4, -0.2) is 5.97 Å². The molecule has 0 aromatic heterocycles. The lowest BCUT2D eigenvalue weighted by molar-refractivity contribution is 0.0734. The molecule has 0 saturated carbocycles. The van der Waals surface area contributed by atoms with E-state index in [-0.39, 0.29) is 17.2 Å². The molecule has 0 fully saturated rings. The van der Waals surface area contributed by atoms with E-state index in [2.05, 4.69) is 6.07 Å². The van der Waals surface area contributed by atoms with Crippen molar-refractivity contribution in [2.75, 3.05) is 0 Å². The number of rotatable bonds is 3. The van der Waals surface area contributed by atoms with E-state index in [0.29, 0.717) is 22.4 Å². The van der Waals surface area contributed by atoms with Crippen LogP contribution in [0.4, 0.5) is 4.39 Å². The van der Waals surface area contributed by atoms with E-state index in [1.54, 1.807) is 36.4 Å². The number of benzene rings is 3. The number of nitrogens with zero attached hydrogens (tertiary/aromatic N) is 1. The molecule has 0 saturated heterocycles. The largest absolute Gasteiger partial charge is 0.440 e. The lowest BCUT2D eigenvalue weighted by Gasteiger charge is -2.26. The van der Waals surface area contributed by atoms with E-state index >= 15 is 0 Å². The number of halogens is 1. The molecular formula is C24H17FN2O3. The van der Waals surface area contributed by atoms with E-state index in [4.69, 9.17) is 15.2 Å². The van der Waals surface area contributed by atoms with Gasteiger partial charge in [-0.1, -0.05) is 35.9 Å². The number of aryl methyl sites for hydroxylation is 1. The van der Waals surface area contributed by atoms with Gasteiger partial charge in [0.2, 0.25) is 5.88 Å². The smallest absolute Gasteiger partial charge is 0.343 e. The summed E-state index contributed by atoms with van der Waals surface area (Å²) in [6.45, 7) is 1.93. The maximum absolute atomic E-state index is 13.8. The van der Waals surface area contributed by atoms with E-state index in [1.807, 2.05) is 19.1 Å². The van der Waals surface area contributed by atoms with Gasteiger partial charge in [-0.3, -0.25) is 0 Å². The Kier molecular flexibility index (Phi) is 4.95. The molecule has 0 spiro atoms. The van der Waals surface area contributed by atoms with Crippen molar-refractivity contribution in [3.8, 4) is 17.6 Å². The van der Waals surface area contributed by atoms with Crippen molar-refractivity contribution in [2.24, 2.45) is 5.73 Å². The molecule has 0 amide bonds. The lowest BCUT2D eigenvalue weighted by Crippen LogP contribution is -2.21. The van der Waals surface area contributed by atoms with Crippen LogP contribution in [0.2, 0.25) is 0 Å². The number of carbonyl (C=O) groups excluding carboxylic acids is 1. The zero-order valence-electron chi connectivity index (χ0n) is 16.1. The first-order valence-electron chi connectivity index (χ1n) is 9.22. The number of fused-ring (bicyclic) bond motifs is 1. The fourth-order valence-electron chi connectivity index (χ4n) is 3.38. The van der Waals surface area contributed by atoms with Gasteiger partial charge in [0.25, 0.3) is 0 Å². The molecule has 3 aromatic carbocycles. The molecule has 0 aliphatic carbocycles. The molecule has 2 N–H and O–H groups in total. The zero-order valence-corrected chi connectivity index (χ0v) is 16.1. The number of esters is 1. The van der Waals surface area contributed by atoms with Crippen molar-refractivity contribution < 1.29 is 18.7 Å². The minimum atomic E-state index is -0.587. The fourth-order valence-corrected chi connectivity index (χ4v) is 3.38. The highest BCUT2D eigenvalue weighted by molar-refractivity contribution is 5.91. The molecule has 30 heavy (non-hydrogen) atoms. The van der Waals surface area contributed by atoms with Crippen molar-refractivity contribution in [1.29, 1.82) is 5.26 Å². The average Bonchev–Trinajstić information content (AvgIpc) is 2.73. The van der Waals surface area contributed by atoms with Gasteiger partial charge in [0, 0.05) is 11.6 Å². The Morgan fingerprint density at radius 1 is 1.13 bits per heavy atom. The quantitative estimate of drug-likeness (QED) is 0.514. The van der Waals surface area contributed by atoms with Crippen LogP contribution in [0.5, 0.6) is 11.5 Å². The topological polar surface area (TPSA) is 85.3 Å². The van der Waals surface area contributed by atoms with Crippen LogP contribution in [0, 0.1) is 24.1 Å². The number of carbonyl (C=O) groups is 1. The SMILES string of the molecule is Cc1ccc(C(=O)Oc2ccc3c(c2)OC(N)=C(C#N)C3c2cccc(F)c2)cc1. The summed E-state index contributed by atoms with van der Waals surface area (Å²) in [5.74, 6) is -0.966. The van der Waals surface area contributed by atoms with E-state index in [0.717, 1.165) is 5.56 Å². The van der Waals surface area contributed by atoms with Gasteiger partial charge in [-0.2, -0.15) is 5.26 Å². The summed E-state index contributed by atoms with van der Waals surface area (Å²) in [7, 11) is 0. The summed E-state index contributed by atoms with van der Waals surface area (Å²) < 4.78 is 24.9. The van der Waals surface area contributed by atoms with Gasteiger partial charge in [0.05, 0.1) is 11.5 Å². The van der Waals surface area contributed by atoms with Gasteiger partial charge in [-0.05, 0) is 42.8 Å². The highest BCUT2D eigenvalue weighted by Gasteiger charge is 2.31. The van der Waals surface area contributed by atoms with Crippen LogP contribution < -0.4 is 15.2 Å². The molecule has 3 aromatic rings. The second-order valence-corrected chi connectivity index (χ2v) is 6.93. The summed E-state index contributed by atoms with van der Waals surface area (Å²) in [6.07, 6.45) is 0. The molecule has 1 heterocycles. The molecule has 1 unspecified atom stereocenters. The molecule has 0 bridgehead atoms. The zero-order chi connectivity index (χ0) is 21.3. The standard InChI is InChI=1S/C24H17FN2O3/c1-14-5-7-15(8-6-14)24(28)29-18-9-10-19-21(12-18)30-23(27)20(13-26)22(19)16-3-2-4-17(25)11-16/h2-12,22H,27H2,1H3. The van der Waals surface area contributed by atoms with Gasteiger partial charge in [0.15, 0.2) is 0 Å². The monoisotopic (exact) mass is 400 g/mol. The third-order valence-electron chi connectivity index (χ3n) is 4.87. The van der Waals surface area contributed by atoms with Gasteiger partial charge in [-0.25, -0.2) is 9.18 Å². The molecule has 4 rings (SSSR count). The maximum Gasteiger partial charge on any atom is 0.343 e. The number of hydrogen-bond donors (Lipinski definition) is 1. The first kappa shape index (κ1) is 19.2. The normalized spacial score (nSPS) is 15.0. The third-order valence-corrected chi connectivity index (χ3v) is 4.87. The number of hydrogen-bond acceptors (Lipinski definition) is 5. The van der Waals surface area contributed by atoms with E-state index in [1.165, 1.54) is 18.2 Å². The Hall–Kier alpha value is -4.11. The molecule has 1 aliphatic rings. The fraction of sp³-hybridized carbons (Fsp3) is 0.0833. The van der Waals surface area contributed by atoms with Crippen LogP contribution in [0.1, 0.15) is 33.0 Å². The molecule has 6 heteroatoms. The van der Waals surface area contributed by atoms with Gasteiger partial charge in [-0.15, -0.1) is 0 Å².